The number of halogens is 2. The van der Waals surface area contributed by atoms with Gasteiger partial charge in [-0.25, -0.2) is 0 Å². The van der Waals surface area contributed by atoms with Crippen molar-refractivity contribution < 1.29 is 0 Å². The smallest absolute Gasteiger partial charge is 0.0549 e. The number of hydrogen-bond donors (Lipinski definition) is 0. The summed E-state index contributed by atoms with van der Waals surface area (Å²) in [6.45, 7) is 4.38. The molecule has 0 spiro atoms. The van der Waals surface area contributed by atoms with Crippen LogP contribution >= 0.6 is 31.9 Å². The fourth-order valence-electron chi connectivity index (χ4n) is 0.663. The van der Waals surface area contributed by atoms with Crippen molar-refractivity contribution in [2.45, 2.75) is 22.9 Å². The summed E-state index contributed by atoms with van der Waals surface area (Å²) in [5, 5.41) is 0. The third-order valence-corrected chi connectivity index (χ3v) is 8.73. The van der Waals surface area contributed by atoms with Crippen LogP contribution in [-0.2, 0) is 0 Å². The molecule has 0 aromatic carbocycles. The molecule has 10 heavy (non-hydrogen) atoms. The maximum Gasteiger partial charge on any atom is 0.0549 e. The lowest BCUT2D eigenvalue weighted by molar-refractivity contribution is 1.41. The van der Waals surface area contributed by atoms with Crippen LogP contribution in [0.25, 0.3) is 0 Å². The number of allylic oxidation sites excluding steroid dienone is 1. The summed E-state index contributed by atoms with van der Waals surface area (Å²) in [4.78, 5) is 0. The summed E-state index contributed by atoms with van der Waals surface area (Å²) in [7, 11) is 0.314. The predicted molar refractivity (Wildman–Crippen MR) is 63.0 cm³/mol. The highest BCUT2D eigenvalue weighted by molar-refractivity contribution is 9.25. The van der Waals surface area contributed by atoms with Crippen LogP contribution in [-0.4, -0.2) is 22.4 Å². The van der Waals surface area contributed by atoms with E-state index in [1.54, 1.807) is 0 Å². The molecule has 0 aromatic heterocycles. The van der Waals surface area contributed by atoms with Crippen LogP contribution in [0.1, 0.15) is 13.8 Å². The fraction of sp³-hybridized carbons (Fsp3) is 0.667. The molecule has 0 heterocycles. The van der Waals surface area contributed by atoms with Gasteiger partial charge in [0.25, 0.3) is 0 Å². The van der Waals surface area contributed by atoms with Crippen LogP contribution in [0, 0.1) is 0 Å². The molecule has 0 N–H and O–H groups in total. The van der Waals surface area contributed by atoms with Crippen molar-refractivity contribution in [3.8, 4) is 0 Å². The molecule has 0 saturated carbocycles. The number of hydrogen-bond acceptors (Lipinski definition) is 0. The van der Waals surface area contributed by atoms with Gasteiger partial charge in [-0.05, 0) is 13.8 Å². The van der Waals surface area contributed by atoms with Gasteiger partial charge in [0, 0.05) is 19.0 Å². The van der Waals surface area contributed by atoms with Crippen LogP contribution < -0.4 is 0 Å². The Morgan fingerprint density at radius 3 is 2.50 bits per heavy atom. The molecule has 0 nitrogen and oxygen atoms in total. The number of alkyl halides is 2. The van der Waals surface area contributed by atoms with Gasteiger partial charge in [0.05, 0.1) is 3.36 Å². The summed E-state index contributed by atoms with van der Waals surface area (Å²) in [6.07, 6.45) is 0. The highest BCUT2D eigenvalue weighted by Crippen LogP contribution is 2.06. The van der Waals surface area contributed by atoms with Gasteiger partial charge in [0.15, 0.2) is 0 Å². The van der Waals surface area contributed by atoms with Crippen molar-refractivity contribution in [2.24, 2.45) is 0 Å². The van der Waals surface area contributed by atoms with Crippen LogP contribution in [0.15, 0.2) is 11.3 Å². The van der Waals surface area contributed by atoms with E-state index in [0.29, 0.717) is 3.36 Å². The number of rotatable bonds is 4. The summed E-state index contributed by atoms with van der Waals surface area (Å²) in [5.41, 5.74) is 5.49. The lowest BCUT2D eigenvalue weighted by atomic mass is 10.4. The monoisotopic (exact) mass is 300 g/mol. The van der Waals surface area contributed by atoms with E-state index in [4.69, 9.17) is 0 Å². The second kappa shape index (κ2) is 6.82. The highest BCUT2D eigenvalue weighted by Gasteiger charge is 1.96. The predicted octanol–water partition coefficient (Wildman–Crippen LogP) is 1.70. The van der Waals surface area contributed by atoms with Gasteiger partial charge in [0.2, 0.25) is 0 Å². The van der Waals surface area contributed by atoms with E-state index >= 15 is 0 Å². The lowest BCUT2D eigenvalue weighted by Gasteiger charge is -1.96. The first-order chi connectivity index (χ1) is 4.63. The molecule has 0 unspecified atom stereocenters. The maximum absolute atomic E-state index is 3.52. The molecule has 60 valence electrons. The van der Waals surface area contributed by atoms with Crippen LogP contribution in [0.3, 0.4) is 0 Å². The van der Waals surface area contributed by atoms with E-state index in [0.717, 1.165) is 0 Å². The Balaban J connectivity index is 3.13. The molecule has 0 aliphatic carbocycles. The second-order valence-corrected chi connectivity index (χ2v) is 13.6. The van der Waals surface area contributed by atoms with Gasteiger partial charge in [-0.1, -0.05) is 43.1 Å². The Morgan fingerprint density at radius 2 is 2.10 bits per heavy atom. The molecule has 4 heteroatoms. The Hall–Kier alpha value is 1.13. The molecule has 0 bridgehead atoms. The standard InChI is InChI=1S/C6H14Br2Si2/c1-5(2)3-9-4-10-6(7)8/h3,6H,4,9-10H2,1-2H3. The van der Waals surface area contributed by atoms with Crippen molar-refractivity contribution in [2.75, 3.05) is 0 Å². The summed E-state index contributed by atoms with van der Waals surface area (Å²) < 4.78 is 0.665. The van der Waals surface area contributed by atoms with E-state index in [-0.39, 0.29) is 19.0 Å². The third-order valence-electron chi connectivity index (χ3n) is 1.18. The first-order valence-electron chi connectivity index (χ1n) is 3.54. The molecule has 0 rings (SSSR count). The van der Waals surface area contributed by atoms with Gasteiger partial charge in [-0.3, -0.25) is 0 Å². The normalized spacial score (nSPS) is 12.5. The van der Waals surface area contributed by atoms with Crippen molar-refractivity contribution in [1.29, 1.82) is 0 Å². The molecule has 0 aliphatic rings. The van der Waals surface area contributed by atoms with Gasteiger partial charge in [-0.2, -0.15) is 0 Å². The molecule has 0 amide bonds. The van der Waals surface area contributed by atoms with Gasteiger partial charge < -0.3 is 0 Å². The largest absolute Gasteiger partial charge is 0.103 e. The fourth-order valence-corrected chi connectivity index (χ4v) is 10.1. The zero-order valence-electron chi connectivity index (χ0n) is 6.53. The Bertz CT molecular complexity index is 108. The SMILES string of the molecule is CC(C)=C[SiH2]C[SiH2]C(Br)Br. The van der Waals surface area contributed by atoms with Gasteiger partial charge >= 0.3 is 0 Å². The topological polar surface area (TPSA) is 0 Å². The van der Waals surface area contributed by atoms with Crippen molar-refractivity contribution in [3.63, 3.8) is 0 Å². The molecule has 0 atom stereocenters. The van der Waals surface area contributed by atoms with Crippen molar-refractivity contribution >= 4 is 50.9 Å². The average molecular weight is 302 g/mol. The second-order valence-electron chi connectivity index (χ2n) is 2.60. The molecule has 0 saturated heterocycles. The zero-order valence-corrected chi connectivity index (χ0v) is 12.5. The van der Waals surface area contributed by atoms with E-state index in [9.17, 15) is 0 Å². The van der Waals surface area contributed by atoms with Crippen molar-refractivity contribution in [3.05, 3.63) is 11.3 Å². The maximum atomic E-state index is 3.52. The molecule has 0 aromatic rings. The lowest BCUT2D eigenvalue weighted by Crippen LogP contribution is -2.03. The van der Waals surface area contributed by atoms with Crippen molar-refractivity contribution in [1.82, 2.24) is 0 Å². The zero-order chi connectivity index (χ0) is 7.98. The Kier molecular flexibility index (Phi) is 7.59. The first-order valence-corrected chi connectivity index (χ1v) is 9.01. The Morgan fingerprint density at radius 1 is 1.50 bits per heavy atom. The average Bonchev–Trinajstić information content (AvgIpc) is 1.79. The van der Waals surface area contributed by atoms with Crippen LogP contribution in [0.4, 0.5) is 0 Å². The first kappa shape index (κ1) is 11.1. The molecule has 0 aliphatic heterocycles. The minimum absolute atomic E-state index is 0.154. The van der Waals surface area contributed by atoms with E-state index < -0.39 is 0 Å². The third kappa shape index (κ3) is 9.13. The Labute approximate surface area is 84.8 Å². The highest BCUT2D eigenvalue weighted by atomic mass is 79.9. The minimum Gasteiger partial charge on any atom is -0.103 e. The molecular formula is C6H14Br2Si2. The van der Waals surface area contributed by atoms with Gasteiger partial charge in [0.1, 0.15) is 0 Å². The molecule has 0 radical (unpaired) electrons. The summed E-state index contributed by atoms with van der Waals surface area (Å²) in [5.74, 6) is 0. The molecule has 0 fully saturated rings. The summed E-state index contributed by atoms with van der Waals surface area (Å²) in [6, 6.07) is 0. The van der Waals surface area contributed by atoms with Gasteiger partial charge in [-0.15, -0.1) is 5.70 Å². The van der Waals surface area contributed by atoms with E-state index in [1.807, 2.05) is 0 Å². The van der Waals surface area contributed by atoms with E-state index in [1.165, 1.54) is 11.2 Å². The minimum atomic E-state index is 0.154. The quantitative estimate of drug-likeness (QED) is 0.421. The van der Waals surface area contributed by atoms with E-state index in [2.05, 4.69) is 51.4 Å². The summed E-state index contributed by atoms with van der Waals surface area (Å²) >= 11 is 7.04. The van der Waals surface area contributed by atoms with Crippen LogP contribution in [0.5, 0.6) is 0 Å². The van der Waals surface area contributed by atoms with Crippen LogP contribution in [0.2, 0.25) is 5.67 Å². The molecular weight excluding hydrogens is 288 g/mol.